The molecule has 0 saturated carbocycles. The van der Waals surface area contributed by atoms with Gasteiger partial charge in [0.25, 0.3) is 5.91 Å². The molecule has 0 aliphatic heterocycles. The Morgan fingerprint density at radius 2 is 1.86 bits per heavy atom. The van der Waals surface area contributed by atoms with Crippen molar-refractivity contribution in [3.8, 4) is 0 Å². The second-order valence-electron chi connectivity index (χ2n) is 6.47. The number of carbonyl (C=O) groups is 1. The lowest BCUT2D eigenvalue weighted by Crippen LogP contribution is -2.42. The Morgan fingerprint density at radius 1 is 1.23 bits per heavy atom. The highest BCUT2D eigenvalue weighted by atomic mass is 16.1. The van der Waals surface area contributed by atoms with E-state index in [0.29, 0.717) is 5.56 Å². The summed E-state index contributed by atoms with van der Waals surface area (Å²) in [6, 6.07) is 9.80. The van der Waals surface area contributed by atoms with Gasteiger partial charge in [0.15, 0.2) is 0 Å². The Hall–Kier alpha value is -2.10. The summed E-state index contributed by atoms with van der Waals surface area (Å²) in [5.74, 6) is -0.0236. The van der Waals surface area contributed by atoms with Crippen LogP contribution in [0.1, 0.15) is 54.5 Å². The average Bonchev–Trinajstić information content (AvgIpc) is 2.77. The molecule has 0 atom stereocenters. The molecule has 1 N–H and O–H groups in total. The van der Waals surface area contributed by atoms with Crippen molar-refractivity contribution in [3.63, 3.8) is 0 Å². The minimum absolute atomic E-state index is 0.0236. The molecule has 1 amide bonds. The summed E-state index contributed by atoms with van der Waals surface area (Å²) in [6.45, 7) is 10.9. The lowest BCUT2D eigenvalue weighted by Gasteiger charge is -2.24. The topological polar surface area (TPSA) is 46.9 Å². The highest BCUT2D eigenvalue weighted by molar-refractivity contribution is 5.94. The first-order valence-electron chi connectivity index (χ1n) is 7.73. The Kier molecular flexibility index (Phi) is 4.69. The minimum atomic E-state index is -0.181. The monoisotopic (exact) mass is 299 g/mol. The van der Waals surface area contributed by atoms with Crippen LogP contribution in [-0.4, -0.2) is 21.2 Å². The van der Waals surface area contributed by atoms with Gasteiger partial charge in [-0.3, -0.25) is 9.48 Å². The molecule has 4 nitrogen and oxygen atoms in total. The van der Waals surface area contributed by atoms with Crippen LogP contribution in [0.2, 0.25) is 0 Å². The minimum Gasteiger partial charge on any atom is -0.347 e. The highest BCUT2D eigenvalue weighted by Crippen LogP contribution is 2.12. The van der Waals surface area contributed by atoms with E-state index in [2.05, 4.69) is 30.3 Å². The maximum Gasteiger partial charge on any atom is 0.251 e. The van der Waals surface area contributed by atoms with E-state index in [1.165, 1.54) is 0 Å². The molecule has 0 aliphatic carbocycles. The molecule has 118 valence electrons. The molecule has 1 aromatic heterocycles. The van der Waals surface area contributed by atoms with Crippen LogP contribution in [0, 0.1) is 13.8 Å². The molecule has 1 heterocycles. The van der Waals surface area contributed by atoms with Gasteiger partial charge < -0.3 is 5.32 Å². The third-order valence-electron chi connectivity index (χ3n) is 3.99. The Bertz CT molecular complexity index is 653. The van der Waals surface area contributed by atoms with Gasteiger partial charge in [-0.25, -0.2) is 0 Å². The van der Waals surface area contributed by atoms with E-state index in [-0.39, 0.29) is 11.4 Å². The van der Waals surface area contributed by atoms with Gasteiger partial charge in [0.2, 0.25) is 0 Å². The number of nitrogens with one attached hydrogen (secondary N) is 1. The maximum atomic E-state index is 12.2. The zero-order chi connectivity index (χ0) is 16.3. The van der Waals surface area contributed by atoms with Crippen molar-refractivity contribution < 1.29 is 4.79 Å². The summed E-state index contributed by atoms with van der Waals surface area (Å²) in [4.78, 5) is 12.2. The Balaban J connectivity index is 2.07. The molecule has 0 unspecified atom stereocenters. The van der Waals surface area contributed by atoms with Gasteiger partial charge in [0.05, 0.1) is 12.2 Å². The molecule has 0 fully saturated rings. The highest BCUT2D eigenvalue weighted by Gasteiger charge is 2.18. The van der Waals surface area contributed by atoms with Crippen LogP contribution in [0.4, 0.5) is 0 Å². The van der Waals surface area contributed by atoms with Crippen molar-refractivity contribution >= 4 is 5.91 Å². The van der Waals surface area contributed by atoms with Gasteiger partial charge in [0.1, 0.15) is 0 Å². The van der Waals surface area contributed by atoms with Crippen LogP contribution in [0.25, 0.3) is 0 Å². The van der Waals surface area contributed by atoms with Gasteiger partial charge in [0, 0.05) is 16.8 Å². The number of aryl methyl sites for hydroxylation is 2. The molecule has 0 aliphatic rings. The number of benzene rings is 1. The molecule has 0 saturated heterocycles. The number of nitrogens with zero attached hydrogens (tertiary/aromatic N) is 2. The maximum absolute atomic E-state index is 12.2. The van der Waals surface area contributed by atoms with Gasteiger partial charge in [-0.15, -0.1) is 0 Å². The number of hydrogen-bond acceptors (Lipinski definition) is 2. The molecule has 22 heavy (non-hydrogen) atoms. The Morgan fingerprint density at radius 3 is 2.36 bits per heavy atom. The fourth-order valence-corrected chi connectivity index (χ4v) is 2.24. The van der Waals surface area contributed by atoms with E-state index < -0.39 is 0 Å². The normalized spacial score (nSPS) is 11.5. The first-order chi connectivity index (χ1) is 10.3. The van der Waals surface area contributed by atoms with E-state index in [9.17, 15) is 4.79 Å². The second-order valence-corrected chi connectivity index (χ2v) is 6.47. The first-order valence-corrected chi connectivity index (χ1v) is 7.73. The van der Waals surface area contributed by atoms with Crippen molar-refractivity contribution in [1.82, 2.24) is 15.1 Å². The summed E-state index contributed by atoms with van der Waals surface area (Å²) in [6.07, 6.45) is 0.898. The van der Waals surface area contributed by atoms with Crippen LogP contribution in [0.15, 0.2) is 30.3 Å². The van der Waals surface area contributed by atoms with Crippen LogP contribution >= 0.6 is 0 Å². The molecular weight excluding hydrogens is 274 g/mol. The average molecular weight is 299 g/mol. The van der Waals surface area contributed by atoms with Crippen molar-refractivity contribution in [1.29, 1.82) is 0 Å². The second kappa shape index (κ2) is 6.34. The zero-order valence-electron chi connectivity index (χ0n) is 14.1. The fourth-order valence-electron chi connectivity index (χ4n) is 2.24. The summed E-state index contributed by atoms with van der Waals surface area (Å²) in [7, 11) is 0. The Labute approximate surface area is 132 Å². The van der Waals surface area contributed by atoms with Gasteiger partial charge >= 0.3 is 0 Å². The fraction of sp³-hybridized carbons (Fsp3) is 0.444. The van der Waals surface area contributed by atoms with Crippen molar-refractivity contribution in [2.75, 3.05) is 0 Å². The molecule has 0 bridgehead atoms. The number of hydrogen-bond donors (Lipinski definition) is 1. The van der Waals surface area contributed by atoms with Gasteiger partial charge in [-0.1, -0.05) is 19.1 Å². The molecule has 2 rings (SSSR count). The number of aromatic nitrogens is 2. The molecule has 2 aromatic rings. The summed E-state index contributed by atoms with van der Waals surface area (Å²) in [5, 5.41) is 7.51. The standard InChI is InChI=1S/C18H25N3O/c1-6-18(4,5)19-17(22)16-9-7-15(8-10-16)12-21-14(3)11-13(2)20-21/h7-11H,6,12H2,1-5H3,(H,19,22). The molecule has 0 radical (unpaired) electrons. The predicted octanol–water partition coefficient (Wildman–Crippen LogP) is 3.47. The van der Waals surface area contributed by atoms with E-state index in [0.717, 1.165) is 29.9 Å². The smallest absolute Gasteiger partial charge is 0.251 e. The molecule has 1 aromatic carbocycles. The SMILES string of the molecule is CCC(C)(C)NC(=O)c1ccc(Cn2nc(C)cc2C)cc1. The van der Waals surface area contributed by atoms with E-state index in [1.807, 2.05) is 49.7 Å². The lowest BCUT2D eigenvalue weighted by molar-refractivity contribution is 0.0911. The van der Waals surface area contributed by atoms with Crippen LogP contribution in [0.3, 0.4) is 0 Å². The number of rotatable bonds is 5. The van der Waals surface area contributed by atoms with E-state index >= 15 is 0 Å². The zero-order valence-corrected chi connectivity index (χ0v) is 14.1. The first kappa shape index (κ1) is 16.3. The number of carbonyl (C=O) groups excluding carboxylic acids is 1. The van der Waals surface area contributed by atoms with E-state index in [1.54, 1.807) is 0 Å². The quantitative estimate of drug-likeness (QED) is 0.919. The third-order valence-corrected chi connectivity index (χ3v) is 3.99. The summed E-state index contributed by atoms with van der Waals surface area (Å²) in [5.41, 5.74) is 3.81. The van der Waals surface area contributed by atoms with Crippen molar-refractivity contribution in [3.05, 3.63) is 52.8 Å². The number of amides is 1. The summed E-state index contributed by atoms with van der Waals surface area (Å²) < 4.78 is 1.98. The van der Waals surface area contributed by atoms with Crippen LogP contribution in [-0.2, 0) is 6.54 Å². The molecular formula is C18H25N3O. The van der Waals surface area contributed by atoms with Crippen molar-refractivity contribution in [2.24, 2.45) is 0 Å². The molecule has 0 spiro atoms. The van der Waals surface area contributed by atoms with E-state index in [4.69, 9.17) is 0 Å². The largest absolute Gasteiger partial charge is 0.347 e. The lowest BCUT2D eigenvalue weighted by atomic mass is 10.0. The summed E-state index contributed by atoms with van der Waals surface area (Å²) >= 11 is 0. The van der Waals surface area contributed by atoms with Gasteiger partial charge in [-0.2, -0.15) is 5.10 Å². The molecule has 4 heteroatoms. The van der Waals surface area contributed by atoms with Crippen LogP contribution in [0.5, 0.6) is 0 Å². The van der Waals surface area contributed by atoms with Crippen molar-refractivity contribution in [2.45, 2.75) is 53.1 Å². The third kappa shape index (κ3) is 3.97. The van der Waals surface area contributed by atoms with Gasteiger partial charge in [-0.05, 0) is 57.9 Å². The predicted molar refractivity (Wildman–Crippen MR) is 89.1 cm³/mol. The van der Waals surface area contributed by atoms with Crippen LogP contribution < -0.4 is 5.32 Å².